The highest BCUT2D eigenvalue weighted by Gasteiger charge is 2.43. The molecular weight excluding hydrogens is 887 g/mol. The standard InChI is InChI=1S/C28H38N11O19P3/c29-6-8-33-26(41)18-3-1-5-20(11-18)53-16-24(36-38-31)52-10-9-51-15-23(40)32-7-2-4-19-13-39(28(43)35-27(19)42)25-12-21(54-17-34-37-30)22(56-25)14-55-60(47,48)58-61(49,50)57-59(44,45)46/h1,3,5,11,13,21-22,24-25H,6-10,12,14-17,29H2,(H,32,40)(H,33,41)(H,47,48)(H,49,50)(H,35,42,43)(H2,44,45,46). The van der Waals surface area contributed by atoms with E-state index in [2.05, 4.69) is 55.7 Å². The Labute approximate surface area is 342 Å². The number of hydrogen-bond acceptors (Lipinski definition) is 18. The molecule has 61 heavy (non-hydrogen) atoms. The number of hydrogen-bond donors (Lipinski definition) is 8. The minimum Gasteiger partial charge on any atom is -0.491 e. The molecule has 0 bridgehead atoms. The molecule has 6 unspecified atom stereocenters. The second-order valence-corrected chi connectivity index (χ2v) is 16.0. The summed E-state index contributed by atoms with van der Waals surface area (Å²) in [6.07, 6.45) is -4.21. The lowest BCUT2D eigenvalue weighted by molar-refractivity contribution is -0.126. The molecule has 3 rings (SSSR count). The number of nitrogens with one attached hydrogen (secondary N) is 3. The second-order valence-electron chi connectivity index (χ2n) is 11.6. The molecule has 0 spiro atoms. The zero-order valence-corrected chi connectivity index (χ0v) is 33.9. The van der Waals surface area contributed by atoms with Crippen LogP contribution in [0, 0.1) is 11.8 Å². The molecule has 1 fully saturated rings. The summed E-state index contributed by atoms with van der Waals surface area (Å²) in [7, 11) is -17.1. The van der Waals surface area contributed by atoms with Crippen LogP contribution in [0.4, 0.5) is 0 Å². The SMILES string of the molecule is [N-]=[N+]=NCOC1CC(n2cc(C#CCNC(=O)COCCOC(COc3cccc(C(=O)NCCN)c3)N=[N+]=[N-])c(=O)[nH]c2=O)OC1COP(=O)(O)OP(=O)(O)OP(=O)(O)O. The molecule has 1 aliphatic rings. The van der Waals surface area contributed by atoms with Gasteiger partial charge in [-0.2, -0.15) is 8.62 Å². The number of H-pyrrole nitrogens is 1. The van der Waals surface area contributed by atoms with Gasteiger partial charge in [0.1, 0.15) is 43.6 Å². The molecule has 2 amide bonds. The van der Waals surface area contributed by atoms with Gasteiger partial charge in [-0.3, -0.25) is 28.5 Å². The highest BCUT2D eigenvalue weighted by molar-refractivity contribution is 7.66. The average Bonchev–Trinajstić information content (AvgIpc) is 3.58. The monoisotopic (exact) mass is 925 g/mol. The molecule has 9 N–H and O–H groups in total. The number of nitrogens with two attached hydrogens (primary N) is 1. The van der Waals surface area contributed by atoms with Crippen molar-refractivity contribution in [1.29, 1.82) is 0 Å². The van der Waals surface area contributed by atoms with Gasteiger partial charge in [-0.25, -0.2) is 18.5 Å². The van der Waals surface area contributed by atoms with E-state index in [1.165, 1.54) is 6.07 Å². The minimum atomic E-state index is -5.84. The number of phosphoric ester groups is 1. The van der Waals surface area contributed by atoms with Crippen LogP contribution in [-0.2, 0) is 50.6 Å². The number of benzene rings is 1. The molecular formula is C28H38N11O19P3. The van der Waals surface area contributed by atoms with Crippen molar-refractivity contribution < 1.29 is 79.7 Å². The van der Waals surface area contributed by atoms with Gasteiger partial charge in [0.2, 0.25) is 5.91 Å². The van der Waals surface area contributed by atoms with Crippen molar-refractivity contribution in [1.82, 2.24) is 20.2 Å². The van der Waals surface area contributed by atoms with E-state index in [4.69, 9.17) is 50.3 Å². The van der Waals surface area contributed by atoms with Crippen LogP contribution in [0.3, 0.4) is 0 Å². The molecule has 33 heteroatoms. The molecule has 0 aliphatic carbocycles. The zero-order chi connectivity index (χ0) is 45.1. The summed E-state index contributed by atoms with van der Waals surface area (Å²) in [5.41, 5.74) is 20.9. The summed E-state index contributed by atoms with van der Waals surface area (Å²) in [6, 6.07) is 6.24. The summed E-state index contributed by atoms with van der Waals surface area (Å²) in [6.45, 7) is -2.19. The van der Waals surface area contributed by atoms with Crippen molar-refractivity contribution in [3.63, 3.8) is 0 Å². The number of carbonyl (C=O) groups excluding carboxylic acids is 2. The van der Waals surface area contributed by atoms with Crippen LogP contribution in [0.5, 0.6) is 5.75 Å². The Kier molecular flexibility index (Phi) is 20.2. The van der Waals surface area contributed by atoms with E-state index in [1.54, 1.807) is 18.2 Å². The summed E-state index contributed by atoms with van der Waals surface area (Å²) < 4.78 is 74.8. The van der Waals surface area contributed by atoms with Crippen LogP contribution < -0.4 is 32.4 Å². The predicted molar refractivity (Wildman–Crippen MR) is 201 cm³/mol. The number of phosphoric acid groups is 3. The number of aromatic nitrogens is 2. The van der Waals surface area contributed by atoms with Crippen molar-refractivity contribution >= 4 is 35.3 Å². The highest BCUT2D eigenvalue weighted by Crippen LogP contribution is 2.66. The Bertz CT molecular complexity index is 2270. The number of carbonyl (C=O) groups is 2. The van der Waals surface area contributed by atoms with E-state index in [0.717, 1.165) is 10.8 Å². The van der Waals surface area contributed by atoms with Crippen molar-refractivity contribution in [3.8, 4) is 17.6 Å². The first kappa shape index (κ1) is 50.4. The molecule has 30 nitrogen and oxygen atoms in total. The maximum absolute atomic E-state index is 12.7. The van der Waals surface area contributed by atoms with E-state index in [-0.39, 0.29) is 57.3 Å². The largest absolute Gasteiger partial charge is 0.491 e. The number of nitrogens with zero attached hydrogens (tertiary/aromatic N) is 7. The normalized spacial score (nSPS) is 18.5. The first-order chi connectivity index (χ1) is 28.8. The molecule has 1 saturated heterocycles. The average molecular weight is 926 g/mol. The maximum atomic E-state index is 12.7. The van der Waals surface area contributed by atoms with Gasteiger partial charge in [0.15, 0.2) is 6.23 Å². The van der Waals surface area contributed by atoms with Crippen LogP contribution in [0.25, 0.3) is 20.9 Å². The van der Waals surface area contributed by atoms with Gasteiger partial charge in [0, 0.05) is 41.1 Å². The van der Waals surface area contributed by atoms with Crippen molar-refractivity contribution in [2.45, 2.75) is 31.1 Å². The maximum Gasteiger partial charge on any atom is 0.490 e. The molecule has 1 aromatic heterocycles. The zero-order valence-electron chi connectivity index (χ0n) is 31.2. The fourth-order valence-corrected chi connectivity index (χ4v) is 7.74. The van der Waals surface area contributed by atoms with Crippen LogP contribution >= 0.6 is 23.5 Å². The first-order valence-corrected chi connectivity index (χ1v) is 21.5. The van der Waals surface area contributed by atoms with E-state index >= 15 is 0 Å². The molecule has 1 aromatic carbocycles. The van der Waals surface area contributed by atoms with E-state index < -0.39 is 85.2 Å². The summed E-state index contributed by atoms with van der Waals surface area (Å²) in [4.78, 5) is 93.4. The van der Waals surface area contributed by atoms with Crippen molar-refractivity contribution in [2.24, 2.45) is 16.0 Å². The Hall–Kier alpha value is -4.97. The van der Waals surface area contributed by atoms with Gasteiger partial charge in [-0.1, -0.05) is 28.1 Å². The summed E-state index contributed by atoms with van der Waals surface area (Å²) in [5, 5.41) is 11.7. The number of rotatable bonds is 25. The lowest BCUT2D eigenvalue weighted by Gasteiger charge is -2.20. The molecule has 334 valence electrons. The van der Waals surface area contributed by atoms with Crippen molar-refractivity contribution in [2.75, 3.05) is 59.4 Å². The van der Waals surface area contributed by atoms with Gasteiger partial charge in [0.05, 0.1) is 32.5 Å². The second kappa shape index (κ2) is 24.5. The quantitative estimate of drug-likeness (QED) is 0.0159. The van der Waals surface area contributed by atoms with Crippen LogP contribution in [0.2, 0.25) is 0 Å². The minimum absolute atomic E-state index is 0.107. The molecule has 2 heterocycles. The van der Waals surface area contributed by atoms with Gasteiger partial charge >= 0.3 is 29.2 Å². The molecule has 0 saturated carbocycles. The van der Waals surface area contributed by atoms with Gasteiger partial charge < -0.3 is 59.6 Å². The molecule has 0 radical (unpaired) electrons. The third kappa shape index (κ3) is 18.7. The van der Waals surface area contributed by atoms with Crippen LogP contribution in [-0.4, -0.2) is 119 Å². The molecule has 1 aliphatic heterocycles. The third-order valence-electron chi connectivity index (χ3n) is 7.15. The van der Waals surface area contributed by atoms with E-state index in [0.29, 0.717) is 11.3 Å². The lowest BCUT2D eigenvalue weighted by Crippen LogP contribution is -2.34. The van der Waals surface area contributed by atoms with Gasteiger partial charge in [-0.05, 0) is 29.3 Å². The number of amides is 2. The summed E-state index contributed by atoms with van der Waals surface area (Å²) >= 11 is 0. The van der Waals surface area contributed by atoms with Crippen molar-refractivity contribution in [3.05, 3.63) is 83.3 Å². The van der Waals surface area contributed by atoms with Crippen LogP contribution in [0.1, 0.15) is 28.6 Å². The Morgan fingerprint density at radius 2 is 1.87 bits per heavy atom. The topological polar surface area (TPSA) is 443 Å². The number of azide groups is 2. The van der Waals surface area contributed by atoms with Gasteiger partial charge in [0.25, 0.3) is 11.5 Å². The Balaban J connectivity index is 1.51. The highest BCUT2D eigenvalue weighted by atomic mass is 31.3. The third-order valence-corrected chi connectivity index (χ3v) is 11.0. The Morgan fingerprint density at radius 3 is 2.57 bits per heavy atom. The molecule has 6 atom stereocenters. The Morgan fingerprint density at radius 1 is 1.10 bits per heavy atom. The molecule has 2 aromatic rings. The first-order valence-electron chi connectivity index (χ1n) is 17.0. The fraction of sp³-hybridized carbons (Fsp3) is 0.500. The van der Waals surface area contributed by atoms with E-state index in [9.17, 15) is 42.7 Å². The number of aromatic amines is 1. The smallest absolute Gasteiger partial charge is 0.490 e. The number of ether oxygens (including phenoxy) is 5. The lowest BCUT2D eigenvalue weighted by atomic mass is 10.2. The summed E-state index contributed by atoms with van der Waals surface area (Å²) in [5.74, 6) is 4.33. The fourth-order valence-electron chi connectivity index (χ4n) is 4.71. The van der Waals surface area contributed by atoms with E-state index in [1.807, 2.05) is 4.98 Å². The van der Waals surface area contributed by atoms with Crippen LogP contribution in [0.15, 0.2) is 50.3 Å². The van der Waals surface area contributed by atoms with Gasteiger partial charge in [-0.15, -0.1) is 0 Å². The predicted octanol–water partition coefficient (Wildman–Crippen LogP) is -0.275.